The highest BCUT2D eigenvalue weighted by atomic mass is 16.3. The Balaban J connectivity index is 1.25. The molecular formula is C43H27N5O. The van der Waals surface area contributed by atoms with Gasteiger partial charge in [-0.05, 0) is 52.7 Å². The lowest BCUT2D eigenvalue weighted by molar-refractivity contribution is 0.666. The summed E-state index contributed by atoms with van der Waals surface area (Å²) in [6, 6.07) is 48.3. The molecule has 4 heterocycles. The Hall–Kier alpha value is -6.66. The Morgan fingerprint density at radius 2 is 1.22 bits per heavy atom. The van der Waals surface area contributed by atoms with E-state index >= 15 is 0 Å². The number of rotatable bonds is 5. The predicted octanol–water partition coefficient (Wildman–Crippen LogP) is 10.3. The van der Waals surface area contributed by atoms with E-state index in [-0.39, 0.29) is 0 Å². The van der Waals surface area contributed by atoms with Gasteiger partial charge in [0.1, 0.15) is 11.4 Å². The van der Waals surface area contributed by atoms with Gasteiger partial charge in [-0.3, -0.25) is 4.98 Å². The first-order valence-corrected chi connectivity index (χ1v) is 16.3. The van der Waals surface area contributed by atoms with Crippen molar-refractivity contribution in [1.82, 2.24) is 24.5 Å². The van der Waals surface area contributed by atoms with Crippen molar-refractivity contribution in [1.29, 1.82) is 0 Å². The Labute approximate surface area is 281 Å². The number of aromatic nitrogens is 5. The smallest absolute Gasteiger partial charge is 0.163 e. The molecule has 0 fully saturated rings. The number of benzene rings is 6. The van der Waals surface area contributed by atoms with Crippen molar-refractivity contribution in [3.05, 3.63) is 163 Å². The number of hydrogen-bond donors (Lipinski definition) is 0. The van der Waals surface area contributed by atoms with Crippen LogP contribution < -0.4 is 0 Å². The van der Waals surface area contributed by atoms with Crippen LogP contribution in [-0.4, -0.2) is 24.5 Å². The number of pyridine rings is 1. The molecule has 0 unspecified atom stereocenters. The molecule has 0 saturated carbocycles. The summed E-state index contributed by atoms with van der Waals surface area (Å²) in [6.07, 6.45) is 4.06. The normalized spacial score (nSPS) is 11.8. The topological polar surface area (TPSA) is 69.6 Å². The summed E-state index contributed by atoms with van der Waals surface area (Å²) in [5, 5.41) is 6.76. The van der Waals surface area contributed by atoms with E-state index in [1.807, 2.05) is 42.6 Å². The van der Waals surface area contributed by atoms with Crippen LogP contribution in [0.15, 0.2) is 156 Å². The first kappa shape index (κ1) is 27.5. The van der Waals surface area contributed by atoms with Crippen LogP contribution in [0, 0.1) is 0 Å². The van der Waals surface area contributed by atoms with Crippen LogP contribution in [0.1, 0.15) is 11.4 Å². The molecule has 0 N–H and O–H groups in total. The van der Waals surface area contributed by atoms with Gasteiger partial charge in [0.2, 0.25) is 0 Å². The summed E-state index contributed by atoms with van der Waals surface area (Å²) in [6.45, 7) is 0. The van der Waals surface area contributed by atoms with E-state index in [2.05, 4.69) is 113 Å². The van der Waals surface area contributed by atoms with E-state index in [1.165, 1.54) is 16.2 Å². The monoisotopic (exact) mass is 629 g/mol. The van der Waals surface area contributed by atoms with Crippen molar-refractivity contribution >= 4 is 54.5 Å². The molecular weight excluding hydrogens is 603 g/mol. The number of hydrogen-bond acceptors (Lipinski definition) is 5. The highest BCUT2D eigenvalue weighted by Crippen LogP contribution is 2.39. The lowest BCUT2D eigenvalue weighted by Crippen LogP contribution is -2.07. The van der Waals surface area contributed by atoms with Crippen LogP contribution in [0.4, 0.5) is 0 Å². The van der Waals surface area contributed by atoms with Crippen LogP contribution in [0.25, 0.3) is 83.0 Å². The van der Waals surface area contributed by atoms with Gasteiger partial charge in [-0.2, -0.15) is 0 Å². The summed E-state index contributed by atoms with van der Waals surface area (Å²) >= 11 is 0. The number of fused-ring (bicyclic) bond motifs is 7. The van der Waals surface area contributed by atoms with E-state index in [0.717, 1.165) is 60.7 Å². The molecule has 0 aliphatic carbocycles. The Bertz CT molecular complexity index is 2820. The lowest BCUT2D eigenvalue weighted by atomic mass is 10.0. The van der Waals surface area contributed by atoms with Gasteiger partial charge in [-0.25, -0.2) is 15.0 Å². The van der Waals surface area contributed by atoms with Gasteiger partial charge >= 0.3 is 0 Å². The molecule has 10 aromatic rings. The fourth-order valence-electron chi connectivity index (χ4n) is 7.18. The SMILES string of the molecule is c1ccc(-c2nc(Cc3c(-n4c5ccccc5c5ccccc54)ccc4oc5cnccc5c34)nc(-c3ccc4ccccc4c3)n2)cc1. The van der Waals surface area contributed by atoms with E-state index < -0.39 is 0 Å². The minimum absolute atomic E-state index is 0.452. The standard InChI is InChI=1S/C43H27N5O/c1-2-11-28(12-3-1)42-45-40(46-43(47-42)30-19-18-27-10-4-5-13-29(27)24-30)25-34-37(20-21-38-41(34)33-22-23-44-26-39(33)49-38)48-35-16-8-6-14-31(35)32-15-7-9-17-36(32)48/h1-24,26H,25H2. The maximum Gasteiger partial charge on any atom is 0.163 e. The van der Waals surface area contributed by atoms with Crippen LogP contribution >= 0.6 is 0 Å². The molecule has 4 aromatic heterocycles. The van der Waals surface area contributed by atoms with Gasteiger partial charge in [-0.15, -0.1) is 0 Å². The molecule has 6 heteroatoms. The first-order valence-electron chi connectivity index (χ1n) is 16.3. The van der Waals surface area contributed by atoms with Gasteiger partial charge in [0, 0.05) is 45.3 Å². The van der Waals surface area contributed by atoms with Crippen molar-refractivity contribution in [3.8, 4) is 28.5 Å². The molecule has 10 rings (SSSR count). The molecule has 0 amide bonds. The second-order valence-electron chi connectivity index (χ2n) is 12.3. The molecule has 49 heavy (non-hydrogen) atoms. The van der Waals surface area contributed by atoms with Crippen molar-refractivity contribution < 1.29 is 4.42 Å². The Kier molecular flexibility index (Phi) is 6.14. The summed E-state index contributed by atoms with van der Waals surface area (Å²) < 4.78 is 8.74. The zero-order valence-electron chi connectivity index (χ0n) is 26.3. The summed E-state index contributed by atoms with van der Waals surface area (Å²) in [4.78, 5) is 19.7. The second kappa shape index (κ2) is 11.0. The number of furan rings is 1. The molecule has 0 saturated heterocycles. The fraction of sp³-hybridized carbons (Fsp3) is 0.0233. The van der Waals surface area contributed by atoms with Crippen molar-refractivity contribution in [2.24, 2.45) is 0 Å². The molecule has 0 radical (unpaired) electrons. The van der Waals surface area contributed by atoms with Crippen molar-refractivity contribution in [3.63, 3.8) is 0 Å². The second-order valence-corrected chi connectivity index (χ2v) is 12.3. The fourth-order valence-corrected chi connectivity index (χ4v) is 7.18. The average molecular weight is 630 g/mol. The van der Waals surface area contributed by atoms with Gasteiger partial charge < -0.3 is 8.98 Å². The highest BCUT2D eigenvalue weighted by Gasteiger charge is 2.22. The molecule has 230 valence electrons. The first-order chi connectivity index (χ1) is 24.3. The van der Waals surface area contributed by atoms with Crippen LogP contribution in [0.3, 0.4) is 0 Å². The molecule has 6 aromatic carbocycles. The lowest BCUT2D eigenvalue weighted by Gasteiger charge is -2.15. The predicted molar refractivity (Wildman–Crippen MR) is 197 cm³/mol. The number of para-hydroxylation sites is 2. The van der Waals surface area contributed by atoms with Gasteiger partial charge in [0.05, 0.1) is 22.9 Å². The van der Waals surface area contributed by atoms with E-state index in [0.29, 0.717) is 23.9 Å². The van der Waals surface area contributed by atoms with Crippen LogP contribution in [0.5, 0.6) is 0 Å². The van der Waals surface area contributed by atoms with Crippen molar-refractivity contribution in [2.75, 3.05) is 0 Å². The summed E-state index contributed by atoms with van der Waals surface area (Å²) in [5.74, 6) is 1.96. The van der Waals surface area contributed by atoms with Gasteiger partial charge in [-0.1, -0.05) is 103 Å². The molecule has 6 nitrogen and oxygen atoms in total. The maximum absolute atomic E-state index is 6.38. The quantitative estimate of drug-likeness (QED) is 0.189. The average Bonchev–Trinajstić information content (AvgIpc) is 3.71. The van der Waals surface area contributed by atoms with Crippen LogP contribution in [0.2, 0.25) is 0 Å². The minimum atomic E-state index is 0.452. The van der Waals surface area contributed by atoms with Gasteiger partial charge in [0.25, 0.3) is 0 Å². The highest BCUT2D eigenvalue weighted by molar-refractivity contribution is 6.11. The molecule has 0 aliphatic heterocycles. The summed E-state index contributed by atoms with van der Waals surface area (Å²) in [5.41, 5.74) is 7.83. The maximum atomic E-state index is 6.38. The van der Waals surface area contributed by atoms with E-state index in [1.54, 1.807) is 6.20 Å². The number of nitrogens with zero attached hydrogens (tertiary/aromatic N) is 5. The largest absolute Gasteiger partial charge is 0.454 e. The van der Waals surface area contributed by atoms with Crippen molar-refractivity contribution in [2.45, 2.75) is 6.42 Å². The Morgan fingerprint density at radius 3 is 2.02 bits per heavy atom. The zero-order chi connectivity index (χ0) is 32.3. The third-order valence-electron chi connectivity index (χ3n) is 9.40. The third-order valence-corrected chi connectivity index (χ3v) is 9.40. The molecule has 0 bridgehead atoms. The van der Waals surface area contributed by atoms with E-state index in [9.17, 15) is 0 Å². The minimum Gasteiger partial charge on any atom is -0.454 e. The Morgan fingerprint density at radius 1 is 0.531 bits per heavy atom. The van der Waals surface area contributed by atoms with E-state index in [4.69, 9.17) is 19.4 Å². The molecule has 0 aliphatic rings. The molecule has 0 spiro atoms. The zero-order valence-corrected chi connectivity index (χ0v) is 26.3. The van der Waals surface area contributed by atoms with Crippen LogP contribution in [-0.2, 0) is 6.42 Å². The molecule has 0 atom stereocenters. The third kappa shape index (κ3) is 4.49. The van der Waals surface area contributed by atoms with Gasteiger partial charge in [0.15, 0.2) is 17.2 Å². The summed E-state index contributed by atoms with van der Waals surface area (Å²) in [7, 11) is 0.